The first-order valence-corrected chi connectivity index (χ1v) is 9.29. The maximum Gasteiger partial charge on any atom is 0.273 e. The maximum atomic E-state index is 12.3. The van der Waals surface area contributed by atoms with Crippen molar-refractivity contribution in [3.8, 4) is 0 Å². The number of anilines is 1. The molecule has 1 N–H and O–H groups in total. The van der Waals surface area contributed by atoms with Crippen LogP contribution in [-0.4, -0.2) is 22.1 Å². The van der Waals surface area contributed by atoms with Crippen LogP contribution in [0.3, 0.4) is 0 Å². The van der Waals surface area contributed by atoms with Gasteiger partial charge >= 0.3 is 0 Å². The molecule has 0 atom stereocenters. The largest absolute Gasteiger partial charge is 0.275 e. The summed E-state index contributed by atoms with van der Waals surface area (Å²) < 4.78 is 35.0. The van der Waals surface area contributed by atoms with E-state index in [1.165, 1.54) is 6.07 Å². The van der Waals surface area contributed by atoms with Gasteiger partial charge in [0.2, 0.25) is 0 Å². The summed E-state index contributed by atoms with van der Waals surface area (Å²) >= 11 is 19.4. The van der Waals surface area contributed by atoms with Crippen LogP contribution in [0.2, 0.25) is 14.5 Å². The summed E-state index contributed by atoms with van der Waals surface area (Å²) in [6.45, 7) is 0. The first-order valence-electron chi connectivity index (χ1n) is 5.13. The Hall–Kier alpha value is -0.710. The minimum Gasteiger partial charge on any atom is -0.275 e. The van der Waals surface area contributed by atoms with Crippen molar-refractivity contribution in [3.05, 3.63) is 26.8 Å². The molecular formula is C9H3Cl3N4O2S3. The highest BCUT2D eigenvalue weighted by Gasteiger charge is 2.22. The SMILES string of the molecule is O=S(=O)(Nc1c(Cl)cc(Cl)c2nsnc12)c1cnc(Cl)s1. The molecule has 21 heavy (non-hydrogen) atoms. The monoisotopic (exact) mass is 400 g/mol. The molecule has 0 saturated carbocycles. The summed E-state index contributed by atoms with van der Waals surface area (Å²) in [6.07, 6.45) is 1.16. The number of halogens is 3. The summed E-state index contributed by atoms with van der Waals surface area (Å²) in [5, 5.41) is 0.423. The Morgan fingerprint density at radius 1 is 1.10 bits per heavy atom. The molecular weight excluding hydrogens is 399 g/mol. The lowest BCUT2D eigenvalue weighted by Gasteiger charge is -2.08. The van der Waals surface area contributed by atoms with E-state index in [9.17, 15) is 8.42 Å². The van der Waals surface area contributed by atoms with E-state index in [-0.39, 0.29) is 24.9 Å². The number of hydrogen-bond acceptors (Lipinski definition) is 7. The van der Waals surface area contributed by atoms with Crippen LogP contribution in [0.15, 0.2) is 16.5 Å². The maximum absolute atomic E-state index is 12.3. The molecule has 110 valence electrons. The van der Waals surface area contributed by atoms with Crippen molar-refractivity contribution >= 4 is 84.6 Å². The molecule has 1 aromatic carbocycles. The molecule has 0 bridgehead atoms. The summed E-state index contributed by atoms with van der Waals surface area (Å²) in [6, 6.07) is 1.41. The van der Waals surface area contributed by atoms with Gasteiger partial charge in [-0.05, 0) is 6.07 Å². The smallest absolute Gasteiger partial charge is 0.273 e. The van der Waals surface area contributed by atoms with E-state index in [2.05, 4.69) is 18.5 Å². The molecule has 2 heterocycles. The van der Waals surface area contributed by atoms with Crippen LogP contribution in [-0.2, 0) is 10.0 Å². The van der Waals surface area contributed by atoms with Gasteiger partial charge in [0.25, 0.3) is 10.0 Å². The van der Waals surface area contributed by atoms with E-state index in [4.69, 9.17) is 34.8 Å². The second-order valence-electron chi connectivity index (χ2n) is 3.71. The molecule has 12 heteroatoms. The van der Waals surface area contributed by atoms with Gasteiger partial charge in [0.1, 0.15) is 11.0 Å². The third-order valence-corrected chi connectivity index (χ3v) is 6.44. The first-order chi connectivity index (χ1) is 9.88. The average Bonchev–Trinajstić information content (AvgIpc) is 3.03. The summed E-state index contributed by atoms with van der Waals surface area (Å²) in [4.78, 5) is 3.70. The van der Waals surface area contributed by atoms with E-state index in [1.807, 2.05) is 0 Å². The Balaban J connectivity index is 2.12. The van der Waals surface area contributed by atoms with Crippen LogP contribution in [0.1, 0.15) is 0 Å². The van der Waals surface area contributed by atoms with Crippen molar-refractivity contribution < 1.29 is 8.42 Å². The van der Waals surface area contributed by atoms with Gasteiger partial charge in [-0.1, -0.05) is 46.1 Å². The summed E-state index contributed by atoms with van der Waals surface area (Å²) in [5.41, 5.74) is 0.789. The second kappa shape index (κ2) is 5.49. The van der Waals surface area contributed by atoms with Crippen molar-refractivity contribution in [2.45, 2.75) is 4.21 Å². The fourth-order valence-electron chi connectivity index (χ4n) is 1.52. The van der Waals surface area contributed by atoms with E-state index in [1.54, 1.807) is 0 Å². The Morgan fingerprint density at radius 2 is 1.81 bits per heavy atom. The van der Waals surface area contributed by atoms with Crippen LogP contribution >= 0.6 is 57.9 Å². The number of nitrogens with zero attached hydrogens (tertiary/aromatic N) is 3. The average molecular weight is 402 g/mol. The number of thiazole rings is 1. The van der Waals surface area contributed by atoms with Gasteiger partial charge in [-0.25, -0.2) is 13.4 Å². The molecule has 3 aromatic rings. The van der Waals surface area contributed by atoms with Crippen LogP contribution < -0.4 is 4.72 Å². The molecule has 2 aromatic heterocycles. The molecule has 0 aliphatic rings. The number of nitrogens with one attached hydrogen (secondary N) is 1. The third kappa shape index (κ3) is 2.81. The molecule has 0 fully saturated rings. The van der Waals surface area contributed by atoms with Crippen molar-refractivity contribution in [2.75, 3.05) is 4.72 Å². The van der Waals surface area contributed by atoms with Gasteiger partial charge in [-0.2, -0.15) is 8.75 Å². The van der Waals surface area contributed by atoms with Gasteiger partial charge in [0.15, 0.2) is 8.68 Å². The number of hydrogen-bond donors (Lipinski definition) is 1. The van der Waals surface area contributed by atoms with E-state index < -0.39 is 10.0 Å². The fraction of sp³-hybridized carbons (Fsp3) is 0. The molecule has 0 unspecified atom stereocenters. The molecule has 6 nitrogen and oxygen atoms in total. The number of fused-ring (bicyclic) bond motifs is 1. The van der Waals surface area contributed by atoms with E-state index in [0.29, 0.717) is 10.5 Å². The van der Waals surface area contributed by atoms with E-state index >= 15 is 0 Å². The van der Waals surface area contributed by atoms with Gasteiger partial charge in [0.05, 0.1) is 33.7 Å². The lowest BCUT2D eigenvalue weighted by molar-refractivity contribution is 0.603. The predicted octanol–water partition coefficient (Wildman–Crippen LogP) is 3.91. The Bertz CT molecular complexity index is 937. The lowest BCUT2D eigenvalue weighted by atomic mass is 10.3. The highest BCUT2D eigenvalue weighted by molar-refractivity contribution is 7.94. The summed E-state index contributed by atoms with van der Waals surface area (Å²) in [5.74, 6) is 0. The zero-order valence-electron chi connectivity index (χ0n) is 9.67. The van der Waals surface area contributed by atoms with E-state index in [0.717, 1.165) is 29.3 Å². The highest BCUT2D eigenvalue weighted by Crippen LogP contribution is 2.37. The summed E-state index contributed by atoms with van der Waals surface area (Å²) in [7, 11) is -3.87. The van der Waals surface area contributed by atoms with Crippen LogP contribution in [0.25, 0.3) is 11.0 Å². The van der Waals surface area contributed by atoms with Gasteiger partial charge in [0, 0.05) is 0 Å². The number of rotatable bonds is 3. The van der Waals surface area contributed by atoms with Crippen molar-refractivity contribution in [1.29, 1.82) is 0 Å². The fourth-order valence-corrected chi connectivity index (χ4v) is 5.12. The minimum atomic E-state index is -3.87. The molecule has 3 rings (SSSR count). The normalized spacial score (nSPS) is 12.0. The van der Waals surface area contributed by atoms with Gasteiger partial charge in [-0.3, -0.25) is 4.72 Å². The van der Waals surface area contributed by atoms with Gasteiger partial charge < -0.3 is 0 Å². The number of aromatic nitrogens is 3. The minimum absolute atomic E-state index is 0.0325. The molecule has 0 spiro atoms. The third-order valence-electron chi connectivity index (χ3n) is 2.40. The topological polar surface area (TPSA) is 84.8 Å². The van der Waals surface area contributed by atoms with Crippen molar-refractivity contribution in [3.63, 3.8) is 0 Å². The second-order valence-corrected chi connectivity index (χ2v) is 8.58. The zero-order valence-corrected chi connectivity index (χ0v) is 14.4. The number of sulfonamides is 1. The highest BCUT2D eigenvalue weighted by atomic mass is 35.5. The predicted molar refractivity (Wildman–Crippen MR) is 85.4 cm³/mol. The number of benzene rings is 1. The quantitative estimate of drug-likeness (QED) is 0.719. The zero-order chi connectivity index (χ0) is 15.2. The first kappa shape index (κ1) is 15.2. The molecule has 0 aliphatic carbocycles. The molecule has 0 amide bonds. The van der Waals surface area contributed by atoms with Crippen LogP contribution in [0.5, 0.6) is 0 Å². The lowest BCUT2D eigenvalue weighted by Crippen LogP contribution is -2.12. The molecule has 0 aliphatic heterocycles. The molecule has 0 radical (unpaired) electrons. The molecule has 0 saturated heterocycles. The van der Waals surface area contributed by atoms with Crippen molar-refractivity contribution in [2.24, 2.45) is 0 Å². The van der Waals surface area contributed by atoms with Crippen LogP contribution in [0, 0.1) is 0 Å². The van der Waals surface area contributed by atoms with Crippen LogP contribution in [0.4, 0.5) is 5.69 Å². The Morgan fingerprint density at radius 3 is 2.48 bits per heavy atom. The van der Waals surface area contributed by atoms with Crippen molar-refractivity contribution in [1.82, 2.24) is 13.7 Å². The Labute approximate surface area is 142 Å². The van der Waals surface area contributed by atoms with Gasteiger partial charge in [-0.15, -0.1) is 0 Å². The standard InChI is InChI=1S/C9H3Cl3N4O2S3/c10-3-1-4(11)7(8-6(3)14-20-15-8)16-21(17,18)5-2-13-9(12)19-5/h1-2,16H. The Kier molecular flexibility index (Phi) is 3.97.